The Labute approximate surface area is 160 Å². The van der Waals surface area contributed by atoms with Gasteiger partial charge in [0.15, 0.2) is 5.03 Å². The number of hydrogen-bond acceptors (Lipinski definition) is 4. The maximum Gasteiger partial charge on any atom is 0.262 e. The molecule has 1 amide bonds. The van der Waals surface area contributed by atoms with E-state index in [4.69, 9.17) is 0 Å². The number of piperidine rings is 1. The summed E-state index contributed by atoms with van der Waals surface area (Å²) < 4.78 is 28.2. The van der Waals surface area contributed by atoms with Crippen molar-refractivity contribution in [2.75, 3.05) is 18.4 Å². The number of benzene rings is 1. The average molecular weight is 391 g/mol. The topological polar surface area (TPSA) is 84.3 Å². The normalized spacial score (nSPS) is 16.6. The van der Waals surface area contributed by atoms with E-state index in [0.29, 0.717) is 31.8 Å². The highest BCUT2D eigenvalue weighted by atomic mass is 32.2. The van der Waals surface area contributed by atoms with Gasteiger partial charge in [-0.2, -0.15) is 4.31 Å². The summed E-state index contributed by atoms with van der Waals surface area (Å²) in [6.07, 6.45) is 3.97. The van der Waals surface area contributed by atoms with Crippen LogP contribution in [0.15, 0.2) is 41.8 Å². The fourth-order valence-electron chi connectivity index (χ4n) is 3.21. The average Bonchev–Trinajstić information content (AvgIpc) is 3.09. The molecule has 0 bridgehead atoms. The Morgan fingerprint density at radius 1 is 1.19 bits per heavy atom. The SMILES string of the molecule is CC(C)c1ccc(NC(=O)C2CCN(S(=O)(=O)c3cn(C)cn3)CC2)cc1. The number of nitrogens with zero attached hydrogens (tertiary/aromatic N) is 3. The molecule has 27 heavy (non-hydrogen) atoms. The molecule has 0 atom stereocenters. The third kappa shape index (κ3) is 4.39. The van der Waals surface area contributed by atoms with Crippen LogP contribution in [-0.4, -0.2) is 41.3 Å². The van der Waals surface area contributed by atoms with Gasteiger partial charge in [-0.05, 0) is 36.5 Å². The van der Waals surface area contributed by atoms with E-state index in [1.54, 1.807) is 11.6 Å². The van der Waals surface area contributed by atoms with Gasteiger partial charge in [0, 0.05) is 37.9 Å². The van der Waals surface area contributed by atoms with Gasteiger partial charge in [-0.1, -0.05) is 26.0 Å². The Morgan fingerprint density at radius 2 is 1.81 bits per heavy atom. The lowest BCUT2D eigenvalue weighted by molar-refractivity contribution is -0.120. The molecule has 2 heterocycles. The van der Waals surface area contributed by atoms with Crippen LogP contribution in [0.25, 0.3) is 0 Å². The van der Waals surface area contributed by atoms with Crippen molar-refractivity contribution < 1.29 is 13.2 Å². The fourth-order valence-corrected chi connectivity index (χ4v) is 4.64. The zero-order valence-electron chi connectivity index (χ0n) is 15.9. The molecule has 0 radical (unpaired) electrons. The molecule has 0 saturated carbocycles. The highest BCUT2D eigenvalue weighted by Crippen LogP contribution is 2.24. The lowest BCUT2D eigenvalue weighted by Crippen LogP contribution is -2.41. The summed E-state index contributed by atoms with van der Waals surface area (Å²) in [4.78, 5) is 16.5. The van der Waals surface area contributed by atoms with E-state index < -0.39 is 10.0 Å². The molecule has 0 unspecified atom stereocenters. The van der Waals surface area contributed by atoms with Crippen LogP contribution >= 0.6 is 0 Å². The first-order valence-corrected chi connectivity index (χ1v) is 10.6. The molecule has 1 saturated heterocycles. The molecule has 1 aliphatic rings. The second-order valence-electron chi connectivity index (χ2n) is 7.32. The summed E-state index contributed by atoms with van der Waals surface area (Å²) in [7, 11) is -1.86. The fraction of sp³-hybridized carbons (Fsp3) is 0.474. The predicted octanol–water partition coefficient (Wildman–Crippen LogP) is 2.58. The van der Waals surface area contributed by atoms with Crippen LogP contribution in [0.5, 0.6) is 0 Å². The Kier molecular flexibility index (Phi) is 5.67. The highest BCUT2D eigenvalue weighted by molar-refractivity contribution is 7.89. The van der Waals surface area contributed by atoms with Crippen molar-refractivity contribution in [3.8, 4) is 0 Å². The lowest BCUT2D eigenvalue weighted by Gasteiger charge is -2.29. The number of carbonyl (C=O) groups is 1. The monoisotopic (exact) mass is 390 g/mol. The number of carbonyl (C=O) groups excluding carboxylic acids is 1. The van der Waals surface area contributed by atoms with E-state index in [-0.39, 0.29) is 16.9 Å². The molecule has 2 aromatic rings. The molecule has 1 N–H and O–H groups in total. The Balaban J connectivity index is 1.57. The van der Waals surface area contributed by atoms with Crippen LogP contribution in [0.2, 0.25) is 0 Å². The highest BCUT2D eigenvalue weighted by Gasteiger charge is 2.33. The van der Waals surface area contributed by atoms with Crippen LogP contribution in [0.1, 0.15) is 38.2 Å². The van der Waals surface area contributed by atoms with Crippen LogP contribution in [0, 0.1) is 5.92 Å². The minimum Gasteiger partial charge on any atom is -0.339 e. The van der Waals surface area contributed by atoms with E-state index in [2.05, 4.69) is 24.1 Å². The Hall–Kier alpha value is -2.19. The molecule has 0 spiro atoms. The summed E-state index contributed by atoms with van der Waals surface area (Å²) in [5.41, 5.74) is 1.99. The summed E-state index contributed by atoms with van der Waals surface area (Å²) >= 11 is 0. The van der Waals surface area contributed by atoms with Crippen molar-refractivity contribution >= 4 is 21.6 Å². The Morgan fingerprint density at radius 3 is 2.33 bits per heavy atom. The van der Waals surface area contributed by atoms with E-state index in [9.17, 15) is 13.2 Å². The van der Waals surface area contributed by atoms with Gasteiger partial charge in [-0.3, -0.25) is 4.79 Å². The van der Waals surface area contributed by atoms with Crippen molar-refractivity contribution in [2.45, 2.75) is 37.6 Å². The number of nitrogens with one attached hydrogen (secondary N) is 1. The minimum absolute atomic E-state index is 0.0535. The summed E-state index contributed by atoms with van der Waals surface area (Å²) in [6.45, 7) is 4.90. The molecular formula is C19H26N4O3S. The third-order valence-electron chi connectivity index (χ3n) is 4.95. The van der Waals surface area contributed by atoms with Crippen LogP contribution < -0.4 is 5.32 Å². The standard InChI is InChI=1S/C19H26N4O3S/c1-14(2)15-4-6-17(7-5-15)21-19(24)16-8-10-23(11-9-16)27(25,26)18-12-22(3)13-20-18/h4-7,12-14,16H,8-11H2,1-3H3,(H,21,24). The summed E-state index contributed by atoms with van der Waals surface area (Å²) in [5, 5.41) is 3.00. The summed E-state index contributed by atoms with van der Waals surface area (Å²) in [5.74, 6) is 0.201. The minimum atomic E-state index is -3.59. The van der Waals surface area contributed by atoms with Gasteiger partial charge in [0.05, 0.1) is 6.33 Å². The van der Waals surface area contributed by atoms with Gasteiger partial charge in [-0.25, -0.2) is 13.4 Å². The number of sulfonamides is 1. The number of imidazole rings is 1. The zero-order valence-corrected chi connectivity index (χ0v) is 16.7. The predicted molar refractivity (Wildman–Crippen MR) is 104 cm³/mol. The maximum atomic E-state index is 12.6. The molecule has 3 rings (SSSR count). The first-order chi connectivity index (χ1) is 12.8. The number of hydrogen-bond donors (Lipinski definition) is 1. The molecule has 1 aromatic heterocycles. The molecule has 146 valence electrons. The largest absolute Gasteiger partial charge is 0.339 e. The van der Waals surface area contributed by atoms with Crippen molar-refractivity contribution in [1.29, 1.82) is 0 Å². The van der Waals surface area contributed by atoms with Crippen molar-refractivity contribution in [2.24, 2.45) is 13.0 Å². The first-order valence-electron chi connectivity index (χ1n) is 9.16. The van der Waals surface area contributed by atoms with E-state index in [0.717, 1.165) is 5.69 Å². The van der Waals surface area contributed by atoms with E-state index >= 15 is 0 Å². The number of amides is 1. The number of rotatable bonds is 5. The van der Waals surface area contributed by atoms with Crippen molar-refractivity contribution in [3.05, 3.63) is 42.4 Å². The third-order valence-corrected chi connectivity index (χ3v) is 6.74. The number of aryl methyl sites for hydroxylation is 1. The van der Waals surface area contributed by atoms with Crippen molar-refractivity contribution in [1.82, 2.24) is 13.9 Å². The van der Waals surface area contributed by atoms with Gasteiger partial charge < -0.3 is 9.88 Å². The van der Waals surface area contributed by atoms with Gasteiger partial charge in [0.25, 0.3) is 10.0 Å². The molecule has 1 aliphatic heterocycles. The second-order valence-corrected chi connectivity index (χ2v) is 9.21. The van der Waals surface area contributed by atoms with Gasteiger partial charge in [0.1, 0.15) is 0 Å². The smallest absolute Gasteiger partial charge is 0.262 e. The number of aromatic nitrogens is 2. The van der Waals surface area contributed by atoms with Crippen LogP contribution in [-0.2, 0) is 21.9 Å². The summed E-state index contributed by atoms with van der Waals surface area (Å²) in [6, 6.07) is 7.85. The number of anilines is 1. The van der Waals surface area contributed by atoms with E-state index in [1.165, 1.54) is 22.4 Å². The lowest BCUT2D eigenvalue weighted by atomic mass is 9.97. The molecule has 8 heteroatoms. The molecular weight excluding hydrogens is 364 g/mol. The first kappa shape index (κ1) is 19.6. The molecule has 0 aliphatic carbocycles. The van der Waals surface area contributed by atoms with Crippen LogP contribution in [0.3, 0.4) is 0 Å². The maximum absolute atomic E-state index is 12.6. The van der Waals surface area contributed by atoms with Crippen molar-refractivity contribution in [3.63, 3.8) is 0 Å². The Bertz CT molecular complexity index is 895. The molecule has 1 aromatic carbocycles. The van der Waals surface area contributed by atoms with E-state index in [1.807, 2.05) is 24.3 Å². The van der Waals surface area contributed by atoms with Gasteiger partial charge >= 0.3 is 0 Å². The van der Waals surface area contributed by atoms with Gasteiger partial charge in [0.2, 0.25) is 5.91 Å². The quantitative estimate of drug-likeness (QED) is 0.850. The second kappa shape index (κ2) is 7.82. The molecule has 1 fully saturated rings. The van der Waals surface area contributed by atoms with Gasteiger partial charge in [-0.15, -0.1) is 0 Å². The zero-order chi connectivity index (χ0) is 19.6. The van der Waals surface area contributed by atoms with Crippen LogP contribution in [0.4, 0.5) is 5.69 Å². The molecule has 7 nitrogen and oxygen atoms in total.